The van der Waals surface area contributed by atoms with Gasteiger partial charge in [-0.2, -0.15) is 0 Å². The highest BCUT2D eigenvalue weighted by atomic mass is 16.4. The molecule has 1 aromatic carbocycles. The Hall–Kier alpha value is -4.72. The normalized spacial score (nSPS) is 14.8. The lowest BCUT2D eigenvalue weighted by molar-refractivity contribution is -0.143. The topological polar surface area (TPSA) is 238 Å². The van der Waals surface area contributed by atoms with Gasteiger partial charge in [0.25, 0.3) is 0 Å². The first-order valence-electron chi connectivity index (χ1n) is 13.2. The molecular formula is C27H36N8O6. The van der Waals surface area contributed by atoms with Crippen LogP contribution in [0.3, 0.4) is 0 Å². The molecule has 220 valence electrons. The van der Waals surface area contributed by atoms with Crippen LogP contribution in [-0.4, -0.2) is 73.8 Å². The van der Waals surface area contributed by atoms with Gasteiger partial charge in [-0.3, -0.25) is 19.2 Å². The summed E-state index contributed by atoms with van der Waals surface area (Å²) in [6.45, 7) is 3.52. The van der Waals surface area contributed by atoms with Gasteiger partial charge < -0.3 is 42.5 Å². The SMILES string of the molecule is CCC(C)C(NC(=O)C(Cc1c[nH]c2ccccc12)NC(=O)C(Cc1cnc[nH]1)NC(=O)C(N)CC(N)=O)C(=O)O. The van der Waals surface area contributed by atoms with Crippen LogP contribution in [-0.2, 0) is 36.8 Å². The quantitative estimate of drug-likeness (QED) is 0.118. The molecule has 3 aromatic rings. The summed E-state index contributed by atoms with van der Waals surface area (Å²) in [5.41, 5.74) is 13.0. The van der Waals surface area contributed by atoms with E-state index in [0.29, 0.717) is 17.7 Å². The van der Waals surface area contributed by atoms with Gasteiger partial charge in [0.15, 0.2) is 0 Å². The number of carbonyl (C=O) groups excluding carboxylic acids is 4. The van der Waals surface area contributed by atoms with Crippen molar-refractivity contribution < 1.29 is 29.1 Å². The number of para-hydroxylation sites is 1. The number of amides is 4. The van der Waals surface area contributed by atoms with Crippen LogP contribution in [0.1, 0.15) is 37.9 Å². The van der Waals surface area contributed by atoms with E-state index < -0.39 is 60.2 Å². The first kappa shape index (κ1) is 30.8. The highest BCUT2D eigenvalue weighted by Crippen LogP contribution is 2.20. The van der Waals surface area contributed by atoms with Gasteiger partial charge in [-0.25, -0.2) is 9.78 Å². The number of rotatable bonds is 15. The van der Waals surface area contributed by atoms with Crippen molar-refractivity contribution in [1.82, 2.24) is 30.9 Å². The van der Waals surface area contributed by atoms with Crippen molar-refractivity contribution in [3.05, 3.63) is 54.2 Å². The Kier molecular flexibility index (Phi) is 10.6. The van der Waals surface area contributed by atoms with Crippen LogP contribution in [0, 0.1) is 5.92 Å². The second kappa shape index (κ2) is 14.1. The number of aliphatic carboxylic acids is 1. The van der Waals surface area contributed by atoms with Gasteiger partial charge in [0, 0.05) is 41.8 Å². The maximum Gasteiger partial charge on any atom is 0.326 e. The molecule has 10 N–H and O–H groups in total. The minimum Gasteiger partial charge on any atom is -0.480 e. The number of hydrogen-bond acceptors (Lipinski definition) is 7. The number of fused-ring (bicyclic) bond motifs is 1. The molecule has 0 aliphatic heterocycles. The average Bonchev–Trinajstić information content (AvgIpc) is 3.59. The molecule has 5 atom stereocenters. The van der Waals surface area contributed by atoms with Crippen molar-refractivity contribution in [2.45, 2.75) is 63.7 Å². The molecule has 5 unspecified atom stereocenters. The third-order valence-corrected chi connectivity index (χ3v) is 6.88. The number of aromatic amines is 2. The van der Waals surface area contributed by atoms with Crippen molar-refractivity contribution in [3.8, 4) is 0 Å². The van der Waals surface area contributed by atoms with Gasteiger partial charge in [-0.1, -0.05) is 38.5 Å². The first-order chi connectivity index (χ1) is 19.5. The molecule has 0 aliphatic carbocycles. The van der Waals surface area contributed by atoms with Crippen LogP contribution in [0.5, 0.6) is 0 Å². The second-order valence-corrected chi connectivity index (χ2v) is 9.95. The van der Waals surface area contributed by atoms with E-state index in [2.05, 4.69) is 30.9 Å². The van der Waals surface area contributed by atoms with Crippen LogP contribution in [0.15, 0.2) is 43.0 Å². The number of carboxylic acids is 1. The summed E-state index contributed by atoms with van der Waals surface area (Å²) in [5, 5.41) is 18.3. The maximum atomic E-state index is 13.6. The summed E-state index contributed by atoms with van der Waals surface area (Å²) in [5.74, 6) is -4.57. The standard InChI is InChI=1S/C27H36N8O6/c1-3-14(2)23(27(40)41)35-26(39)20(8-15-11-31-19-7-5-4-6-17(15)19)34-25(38)21(9-16-12-30-13-32-16)33-24(37)18(28)10-22(29)36/h4-7,11-14,18,20-21,23,31H,3,8-10,28H2,1-2H3,(H2,29,36)(H,30,32)(H,33,37)(H,34,38)(H,35,39)(H,40,41). The van der Waals surface area contributed by atoms with E-state index >= 15 is 0 Å². The van der Waals surface area contributed by atoms with Gasteiger partial charge in [0.05, 0.1) is 18.8 Å². The summed E-state index contributed by atoms with van der Waals surface area (Å²) in [4.78, 5) is 72.8. The highest BCUT2D eigenvalue weighted by molar-refractivity contribution is 5.95. The third kappa shape index (κ3) is 8.38. The number of benzene rings is 1. The number of aromatic nitrogens is 3. The lowest BCUT2D eigenvalue weighted by Gasteiger charge is -2.26. The Bertz CT molecular complexity index is 1370. The monoisotopic (exact) mass is 568 g/mol. The third-order valence-electron chi connectivity index (χ3n) is 6.88. The number of hydrogen-bond donors (Lipinski definition) is 8. The zero-order valence-electron chi connectivity index (χ0n) is 22.8. The van der Waals surface area contributed by atoms with Gasteiger partial charge in [-0.15, -0.1) is 0 Å². The molecule has 0 bridgehead atoms. The summed E-state index contributed by atoms with van der Waals surface area (Å²) in [7, 11) is 0. The number of carbonyl (C=O) groups is 5. The fraction of sp³-hybridized carbons (Fsp3) is 0.407. The molecule has 0 fully saturated rings. The molecule has 3 rings (SSSR count). The Balaban J connectivity index is 1.89. The Morgan fingerprint density at radius 3 is 2.27 bits per heavy atom. The molecule has 14 heteroatoms. The number of carboxylic acid groups (broad SMARTS) is 1. The molecule has 0 saturated heterocycles. The lowest BCUT2D eigenvalue weighted by atomic mass is 9.97. The van der Waals surface area contributed by atoms with Crippen LogP contribution in [0.25, 0.3) is 10.9 Å². The molecule has 14 nitrogen and oxygen atoms in total. The molecule has 41 heavy (non-hydrogen) atoms. The van der Waals surface area contributed by atoms with Crippen LogP contribution < -0.4 is 27.4 Å². The molecule has 4 amide bonds. The van der Waals surface area contributed by atoms with Gasteiger partial charge in [0.1, 0.15) is 18.1 Å². The van der Waals surface area contributed by atoms with Crippen molar-refractivity contribution in [2.75, 3.05) is 0 Å². The van der Waals surface area contributed by atoms with E-state index in [-0.39, 0.29) is 18.8 Å². The van der Waals surface area contributed by atoms with Crippen LogP contribution >= 0.6 is 0 Å². The van der Waals surface area contributed by atoms with E-state index in [9.17, 15) is 29.1 Å². The smallest absolute Gasteiger partial charge is 0.326 e. The lowest BCUT2D eigenvalue weighted by Crippen LogP contribution is -2.58. The zero-order valence-corrected chi connectivity index (χ0v) is 22.8. The largest absolute Gasteiger partial charge is 0.480 e. The molecule has 0 saturated carbocycles. The molecule has 2 aromatic heterocycles. The molecule has 0 spiro atoms. The minimum absolute atomic E-state index is 0.0281. The van der Waals surface area contributed by atoms with Gasteiger partial charge in [0.2, 0.25) is 23.6 Å². The fourth-order valence-corrected chi connectivity index (χ4v) is 4.35. The zero-order chi connectivity index (χ0) is 30.1. The second-order valence-electron chi connectivity index (χ2n) is 9.95. The molecular weight excluding hydrogens is 532 g/mol. The molecule has 2 heterocycles. The number of primary amides is 1. The Labute approximate surface area is 236 Å². The average molecular weight is 569 g/mol. The van der Waals surface area contributed by atoms with E-state index in [0.717, 1.165) is 10.9 Å². The van der Waals surface area contributed by atoms with Crippen molar-refractivity contribution in [1.29, 1.82) is 0 Å². The summed E-state index contributed by atoms with van der Waals surface area (Å²) in [6.07, 6.45) is 4.65. The minimum atomic E-state index is -1.29. The number of H-pyrrole nitrogens is 2. The van der Waals surface area contributed by atoms with Crippen LogP contribution in [0.2, 0.25) is 0 Å². The number of nitrogens with one attached hydrogen (secondary N) is 5. The Morgan fingerprint density at radius 1 is 0.976 bits per heavy atom. The molecule has 0 radical (unpaired) electrons. The Morgan fingerprint density at radius 2 is 1.63 bits per heavy atom. The van der Waals surface area contributed by atoms with Crippen molar-refractivity contribution in [2.24, 2.45) is 17.4 Å². The van der Waals surface area contributed by atoms with Gasteiger partial charge in [-0.05, 0) is 17.5 Å². The summed E-state index contributed by atoms with van der Waals surface area (Å²) >= 11 is 0. The van der Waals surface area contributed by atoms with Gasteiger partial charge >= 0.3 is 5.97 Å². The number of nitrogens with two attached hydrogens (primary N) is 2. The van der Waals surface area contributed by atoms with E-state index in [1.165, 1.54) is 12.5 Å². The van der Waals surface area contributed by atoms with Crippen molar-refractivity contribution >= 4 is 40.5 Å². The maximum absolute atomic E-state index is 13.6. The van der Waals surface area contributed by atoms with E-state index in [1.54, 1.807) is 13.1 Å². The van der Waals surface area contributed by atoms with E-state index in [1.807, 2.05) is 31.2 Å². The van der Waals surface area contributed by atoms with Crippen molar-refractivity contribution in [3.63, 3.8) is 0 Å². The molecule has 0 aliphatic rings. The predicted octanol–water partition coefficient (Wildman–Crippen LogP) is -0.536. The highest BCUT2D eigenvalue weighted by Gasteiger charge is 2.33. The summed E-state index contributed by atoms with van der Waals surface area (Å²) < 4.78 is 0. The van der Waals surface area contributed by atoms with E-state index in [4.69, 9.17) is 11.5 Å². The number of imidazole rings is 1. The van der Waals surface area contributed by atoms with Crippen LogP contribution in [0.4, 0.5) is 0 Å². The summed E-state index contributed by atoms with van der Waals surface area (Å²) in [6, 6.07) is 2.52. The predicted molar refractivity (Wildman–Crippen MR) is 149 cm³/mol. The number of nitrogens with zero attached hydrogens (tertiary/aromatic N) is 1. The first-order valence-corrected chi connectivity index (χ1v) is 13.2. The fourth-order valence-electron chi connectivity index (χ4n) is 4.35.